The third-order valence-electron chi connectivity index (χ3n) is 3.44. The zero-order chi connectivity index (χ0) is 14.8. The van der Waals surface area contributed by atoms with Crippen LogP contribution in [0.4, 0.5) is 5.69 Å². The molecule has 0 saturated carbocycles. The maximum atomic E-state index is 11.9. The standard InChI is InChI=1S/C17H28N2O/c1-4-6-7-8-12-17(20)19-16-11-9-10-15(13-16)14(3)18-5-2/h9-11,13-14,18H,4-8,12H2,1-3H3,(H,19,20). The lowest BCUT2D eigenvalue weighted by atomic mass is 10.1. The lowest BCUT2D eigenvalue weighted by Crippen LogP contribution is -2.18. The molecule has 0 bridgehead atoms. The summed E-state index contributed by atoms with van der Waals surface area (Å²) < 4.78 is 0. The molecular weight excluding hydrogens is 248 g/mol. The van der Waals surface area contributed by atoms with E-state index in [9.17, 15) is 4.79 Å². The molecule has 1 aromatic carbocycles. The fraction of sp³-hybridized carbons (Fsp3) is 0.588. The first-order valence-electron chi connectivity index (χ1n) is 7.80. The summed E-state index contributed by atoms with van der Waals surface area (Å²) in [4.78, 5) is 11.9. The normalized spacial score (nSPS) is 12.2. The van der Waals surface area contributed by atoms with Crippen LogP contribution >= 0.6 is 0 Å². The maximum absolute atomic E-state index is 11.9. The lowest BCUT2D eigenvalue weighted by Gasteiger charge is -2.14. The number of carbonyl (C=O) groups is 1. The molecule has 1 atom stereocenters. The van der Waals surface area contributed by atoms with Crippen LogP contribution in [0.1, 0.15) is 64.5 Å². The van der Waals surface area contributed by atoms with Crippen LogP contribution in [-0.2, 0) is 4.79 Å². The molecule has 1 amide bonds. The summed E-state index contributed by atoms with van der Waals surface area (Å²) >= 11 is 0. The molecule has 20 heavy (non-hydrogen) atoms. The van der Waals surface area contributed by atoms with Crippen molar-refractivity contribution in [2.45, 2.75) is 58.9 Å². The highest BCUT2D eigenvalue weighted by Gasteiger charge is 2.06. The van der Waals surface area contributed by atoms with Crippen LogP contribution in [-0.4, -0.2) is 12.5 Å². The van der Waals surface area contributed by atoms with Gasteiger partial charge in [-0.25, -0.2) is 0 Å². The van der Waals surface area contributed by atoms with E-state index in [0.717, 1.165) is 25.1 Å². The Hall–Kier alpha value is -1.35. The second kappa shape index (κ2) is 9.54. The smallest absolute Gasteiger partial charge is 0.224 e. The van der Waals surface area contributed by atoms with Crippen LogP contribution < -0.4 is 10.6 Å². The SMILES string of the molecule is CCCCCCC(=O)Nc1cccc(C(C)NCC)c1. The second-order valence-corrected chi connectivity index (χ2v) is 5.26. The van der Waals surface area contributed by atoms with Gasteiger partial charge < -0.3 is 10.6 Å². The highest BCUT2D eigenvalue weighted by Crippen LogP contribution is 2.17. The van der Waals surface area contributed by atoms with E-state index in [0.29, 0.717) is 12.5 Å². The van der Waals surface area contributed by atoms with E-state index < -0.39 is 0 Å². The number of rotatable bonds is 9. The van der Waals surface area contributed by atoms with Gasteiger partial charge in [-0.3, -0.25) is 4.79 Å². The fourth-order valence-corrected chi connectivity index (χ4v) is 2.25. The summed E-state index contributed by atoms with van der Waals surface area (Å²) in [6.45, 7) is 7.35. The number of hydrogen-bond acceptors (Lipinski definition) is 2. The van der Waals surface area contributed by atoms with E-state index >= 15 is 0 Å². The second-order valence-electron chi connectivity index (χ2n) is 5.26. The molecule has 0 radical (unpaired) electrons. The van der Waals surface area contributed by atoms with E-state index in [1.54, 1.807) is 0 Å². The van der Waals surface area contributed by atoms with Crippen molar-refractivity contribution in [3.63, 3.8) is 0 Å². The molecule has 0 aliphatic carbocycles. The van der Waals surface area contributed by atoms with Crippen molar-refractivity contribution in [3.05, 3.63) is 29.8 Å². The molecule has 0 saturated heterocycles. The van der Waals surface area contributed by atoms with Gasteiger partial charge in [0.1, 0.15) is 0 Å². The first-order valence-corrected chi connectivity index (χ1v) is 7.80. The average molecular weight is 276 g/mol. The Morgan fingerprint density at radius 1 is 1.20 bits per heavy atom. The van der Waals surface area contributed by atoms with Crippen molar-refractivity contribution in [3.8, 4) is 0 Å². The Kier molecular flexibility index (Phi) is 7.97. The number of benzene rings is 1. The Morgan fingerprint density at radius 2 is 2.00 bits per heavy atom. The minimum atomic E-state index is 0.120. The zero-order valence-electron chi connectivity index (χ0n) is 13.0. The number of anilines is 1. The Balaban J connectivity index is 2.47. The van der Waals surface area contributed by atoms with Gasteiger partial charge in [0.05, 0.1) is 0 Å². The van der Waals surface area contributed by atoms with E-state index in [-0.39, 0.29) is 5.91 Å². The number of unbranched alkanes of at least 4 members (excludes halogenated alkanes) is 3. The van der Waals surface area contributed by atoms with E-state index in [4.69, 9.17) is 0 Å². The highest BCUT2D eigenvalue weighted by molar-refractivity contribution is 5.90. The van der Waals surface area contributed by atoms with Gasteiger partial charge in [0, 0.05) is 18.2 Å². The van der Waals surface area contributed by atoms with Gasteiger partial charge in [0.15, 0.2) is 0 Å². The van der Waals surface area contributed by atoms with Crippen molar-refractivity contribution in [2.75, 3.05) is 11.9 Å². The predicted octanol–water partition coefficient (Wildman–Crippen LogP) is 4.27. The van der Waals surface area contributed by atoms with Gasteiger partial charge in [-0.2, -0.15) is 0 Å². The van der Waals surface area contributed by atoms with Gasteiger partial charge in [-0.05, 0) is 37.6 Å². The summed E-state index contributed by atoms with van der Waals surface area (Å²) in [5.74, 6) is 0.120. The van der Waals surface area contributed by atoms with Crippen LogP contribution in [0, 0.1) is 0 Å². The van der Waals surface area contributed by atoms with Crippen LogP contribution in [0.3, 0.4) is 0 Å². The number of amides is 1. The first-order chi connectivity index (χ1) is 9.67. The third kappa shape index (κ3) is 6.20. The molecule has 3 heteroatoms. The first kappa shape index (κ1) is 16.7. The zero-order valence-corrected chi connectivity index (χ0v) is 13.0. The fourth-order valence-electron chi connectivity index (χ4n) is 2.25. The molecule has 1 aromatic rings. The number of hydrogen-bond donors (Lipinski definition) is 2. The van der Waals surface area contributed by atoms with Gasteiger partial charge in [0.2, 0.25) is 5.91 Å². The molecule has 0 aliphatic heterocycles. The monoisotopic (exact) mass is 276 g/mol. The van der Waals surface area contributed by atoms with Crippen LogP contribution in [0.2, 0.25) is 0 Å². The van der Waals surface area contributed by atoms with Crippen LogP contribution in [0.15, 0.2) is 24.3 Å². The Labute approximate surface area is 123 Å². The summed E-state index contributed by atoms with van der Waals surface area (Å²) in [6, 6.07) is 8.39. The van der Waals surface area contributed by atoms with Crippen molar-refractivity contribution < 1.29 is 4.79 Å². The Bertz CT molecular complexity index is 404. The summed E-state index contributed by atoms with van der Waals surface area (Å²) in [7, 11) is 0. The quantitative estimate of drug-likeness (QED) is 0.661. The molecule has 1 unspecified atom stereocenters. The average Bonchev–Trinajstić information content (AvgIpc) is 2.44. The number of nitrogens with one attached hydrogen (secondary N) is 2. The van der Waals surface area contributed by atoms with Crippen molar-refractivity contribution in [2.24, 2.45) is 0 Å². The largest absolute Gasteiger partial charge is 0.326 e. The molecule has 0 heterocycles. The third-order valence-corrected chi connectivity index (χ3v) is 3.44. The molecule has 1 rings (SSSR count). The summed E-state index contributed by atoms with van der Waals surface area (Å²) in [6.07, 6.45) is 5.15. The molecule has 0 aliphatic rings. The minimum Gasteiger partial charge on any atom is -0.326 e. The van der Waals surface area contributed by atoms with Gasteiger partial charge >= 0.3 is 0 Å². The van der Waals surface area contributed by atoms with Crippen molar-refractivity contribution in [1.29, 1.82) is 0 Å². The molecule has 3 nitrogen and oxygen atoms in total. The lowest BCUT2D eigenvalue weighted by molar-refractivity contribution is -0.116. The molecule has 2 N–H and O–H groups in total. The molecule has 112 valence electrons. The summed E-state index contributed by atoms with van der Waals surface area (Å²) in [5.41, 5.74) is 2.10. The maximum Gasteiger partial charge on any atom is 0.224 e. The molecule has 0 aromatic heterocycles. The Morgan fingerprint density at radius 3 is 2.70 bits per heavy atom. The van der Waals surface area contributed by atoms with E-state index in [1.807, 2.05) is 12.1 Å². The van der Waals surface area contributed by atoms with E-state index in [2.05, 4.69) is 43.5 Å². The van der Waals surface area contributed by atoms with Crippen LogP contribution in [0.5, 0.6) is 0 Å². The van der Waals surface area contributed by atoms with Crippen LogP contribution in [0.25, 0.3) is 0 Å². The van der Waals surface area contributed by atoms with Gasteiger partial charge in [-0.15, -0.1) is 0 Å². The predicted molar refractivity (Wildman–Crippen MR) is 85.9 cm³/mol. The summed E-state index contributed by atoms with van der Waals surface area (Å²) in [5, 5.41) is 6.37. The number of carbonyl (C=O) groups excluding carboxylic acids is 1. The van der Waals surface area contributed by atoms with Gasteiger partial charge in [-0.1, -0.05) is 45.2 Å². The van der Waals surface area contributed by atoms with Gasteiger partial charge in [0.25, 0.3) is 0 Å². The highest BCUT2D eigenvalue weighted by atomic mass is 16.1. The van der Waals surface area contributed by atoms with Crippen molar-refractivity contribution >= 4 is 11.6 Å². The topological polar surface area (TPSA) is 41.1 Å². The van der Waals surface area contributed by atoms with Crippen molar-refractivity contribution in [1.82, 2.24) is 5.32 Å². The van der Waals surface area contributed by atoms with E-state index in [1.165, 1.54) is 18.4 Å². The molecule has 0 fully saturated rings. The minimum absolute atomic E-state index is 0.120. The molecule has 0 spiro atoms. The molecular formula is C17H28N2O.